The van der Waals surface area contributed by atoms with E-state index in [1.807, 2.05) is 16.9 Å². The van der Waals surface area contributed by atoms with Gasteiger partial charge in [0.25, 0.3) is 0 Å². The molecule has 6 rings (SSSR count). The summed E-state index contributed by atoms with van der Waals surface area (Å²) in [6, 6.07) is 3.11. The number of piperidine rings is 1. The van der Waals surface area contributed by atoms with Crippen LogP contribution in [0.1, 0.15) is 31.9 Å². The van der Waals surface area contributed by atoms with E-state index < -0.39 is 0 Å². The highest BCUT2D eigenvalue weighted by Gasteiger charge is 2.38. The highest BCUT2D eigenvalue weighted by atomic mass is 35.5. The van der Waals surface area contributed by atoms with Gasteiger partial charge in [-0.3, -0.25) is 0 Å². The number of anilines is 1. The zero-order valence-corrected chi connectivity index (χ0v) is 13.7. The van der Waals surface area contributed by atoms with Crippen molar-refractivity contribution in [2.45, 2.75) is 44.0 Å². The lowest BCUT2D eigenvalue weighted by Gasteiger charge is -2.48. The third kappa shape index (κ3) is 2.31. The summed E-state index contributed by atoms with van der Waals surface area (Å²) in [5, 5.41) is 10.1. The van der Waals surface area contributed by atoms with Crippen LogP contribution in [0.2, 0.25) is 5.15 Å². The van der Waals surface area contributed by atoms with Crippen molar-refractivity contribution < 1.29 is 4.74 Å². The van der Waals surface area contributed by atoms with Gasteiger partial charge >= 0.3 is 0 Å². The minimum absolute atomic E-state index is 0.0101. The fraction of sp³-hybridized carbons (Fsp3) is 0.625. The van der Waals surface area contributed by atoms with E-state index in [9.17, 15) is 0 Å². The predicted octanol–water partition coefficient (Wildman–Crippen LogP) is 2.33. The van der Waals surface area contributed by atoms with Gasteiger partial charge in [-0.2, -0.15) is 5.10 Å². The van der Waals surface area contributed by atoms with Crippen molar-refractivity contribution in [3.05, 3.63) is 17.4 Å². The standard InChI is InChI=1S/C16H20ClN5O/c17-14-6-13-12(7-18-14)16(21-8-10-5-11(9-21)19-10)20-22(13)15-3-1-2-4-23-15/h6-7,10-11,15,19H,1-5,8-9H2. The van der Waals surface area contributed by atoms with Crippen LogP contribution < -0.4 is 10.2 Å². The first-order valence-corrected chi connectivity index (χ1v) is 8.82. The quantitative estimate of drug-likeness (QED) is 0.855. The molecule has 2 aromatic rings. The average molecular weight is 334 g/mol. The molecule has 4 aliphatic heterocycles. The molecule has 4 saturated heterocycles. The molecule has 0 saturated carbocycles. The minimum atomic E-state index is 0.0101. The van der Waals surface area contributed by atoms with E-state index >= 15 is 0 Å². The van der Waals surface area contributed by atoms with Gasteiger partial charge in [0.05, 0.1) is 10.9 Å². The topological polar surface area (TPSA) is 55.2 Å². The Hall–Kier alpha value is -1.37. The Bertz CT molecular complexity index is 725. The van der Waals surface area contributed by atoms with Gasteiger partial charge < -0.3 is 15.0 Å². The number of hydrogen-bond donors (Lipinski definition) is 1. The van der Waals surface area contributed by atoms with E-state index in [0.717, 1.165) is 49.3 Å². The van der Waals surface area contributed by atoms with Crippen LogP contribution in [-0.2, 0) is 4.74 Å². The summed E-state index contributed by atoms with van der Waals surface area (Å²) in [5.74, 6) is 1.02. The molecule has 1 N–H and O–H groups in total. The first-order chi connectivity index (χ1) is 11.3. The number of piperazine rings is 1. The summed E-state index contributed by atoms with van der Waals surface area (Å²) in [4.78, 5) is 6.66. The maximum absolute atomic E-state index is 6.14. The molecule has 6 nitrogen and oxygen atoms in total. The molecule has 7 heteroatoms. The lowest BCUT2D eigenvalue weighted by atomic mass is 9.91. The highest BCUT2D eigenvalue weighted by molar-refractivity contribution is 6.30. The molecule has 0 aromatic carbocycles. The van der Waals surface area contributed by atoms with E-state index in [4.69, 9.17) is 21.4 Å². The van der Waals surface area contributed by atoms with Crippen LogP contribution in [0, 0.1) is 0 Å². The highest BCUT2D eigenvalue weighted by Crippen LogP contribution is 2.35. The first-order valence-electron chi connectivity index (χ1n) is 8.44. The Labute approximate surface area is 139 Å². The molecule has 4 fully saturated rings. The number of nitrogens with zero attached hydrogens (tertiary/aromatic N) is 4. The van der Waals surface area contributed by atoms with Crippen LogP contribution in [0.3, 0.4) is 0 Å². The molecule has 2 aromatic heterocycles. The molecule has 0 aliphatic carbocycles. The molecule has 3 atom stereocenters. The van der Waals surface area contributed by atoms with Crippen LogP contribution in [0.4, 0.5) is 5.82 Å². The fourth-order valence-corrected chi connectivity index (χ4v) is 4.20. The Morgan fingerprint density at radius 2 is 2.09 bits per heavy atom. The third-order valence-electron chi connectivity index (χ3n) is 5.19. The fourth-order valence-electron chi connectivity index (χ4n) is 4.05. The smallest absolute Gasteiger partial charge is 0.160 e. The van der Waals surface area contributed by atoms with Crippen molar-refractivity contribution in [3.8, 4) is 0 Å². The monoisotopic (exact) mass is 333 g/mol. The Kier molecular flexibility index (Phi) is 3.25. The van der Waals surface area contributed by atoms with Crippen molar-refractivity contribution in [2.75, 3.05) is 24.6 Å². The van der Waals surface area contributed by atoms with Crippen LogP contribution >= 0.6 is 11.6 Å². The van der Waals surface area contributed by atoms with Gasteiger partial charge in [0.1, 0.15) is 5.15 Å². The first kappa shape index (κ1) is 14.0. The zero-order valence-electron chi connectivity index (χ0n) is 12.9. The van der Waals surface area contributed by atoms with Crippen molar-refractivity contribution in [1.29, 1.82) is 0 Å². The molecule has 4 aliphatic rings. The second kappa shape index (κ2) is 5.33. The average Bonchev–Trinajstić information content (AvgIpc) is 2.94. The second-order valence-corrected chi connectivity index (χ2v) is 7.20. The number of hydrogen-bond acceptors (Lipinski definition) is 5. The summed E-state index contributed by atoms with van der Waals surface area (Å²) in [5.41, 5.74) is 1.03. The lowest BCUT2D eigenvalue weighted by molar-refractivity contribution is -0.0365. The molecule has 0 radical (unpaired) electrons. The Morgan fingerprint density at radius 1 is 1.26 bits per heavy atom. The van der Waals surface area contributed by atoms with E-state index in [1.165, 1.54) is 12.8 Å². The molecule has 0 spiro atoms. The van der Waals surface area contributed by atoms with Gasteiger partial charge in [0.2, 0.25) is 0 Å². The summed E-state index contributed by atoms with van der Waals surface area (Å²) in [6.45, 7) is 2.82. The molecule has 0 amide bonds. The van der Waals surface area contributed by atoms with Gasteiger partial charge in [0, 0.05) is 44.0 Å². The predicted molar refractivity (Wildman–Crippen MR) is 88.9 cm³/mol. The van der Waals surface area contributed by atoms with Gasteiger partial charge in [-0.05, 0) is 25.7 Å². The zero-order chi connectivity index (χ0) is 15.4. The molecule has 122 valence electrons. The third-order valence-corrected chi connectivity index (χ3v) is 5.40. The molecular formula is C16H20ClN5O. The normalized spacial score (nSPS) is 30.5. The Balaban J connectivity index is 1.58. The van der Waals surface area contributed by atoms with Gasteiger partial charge in [-0.15, -0.1) is 0 Å². The van der Waals surface area contributed by atoms with Gasteiger partial charge in [-0.1, -0.05) is 11.6 Å². The maximum atomic E-state index is 6.14. The molecule has 23 heavy (non-hydrogen) atoms. The summed E-state index contributed by atoms with van der Waals surface area (Å²) in [7, 11) is 0. The second-order valence-electron chi connectivity index (χ2n) is 6.81. The van der Waals surface area contributed by atoms with Gasteiger partial charge in [0.15, 0.2) is 12.0 Å². The number of pyridine rings is 1. The maximum Gasteiger partial charge on any atom is 0.160 e. The number of rotatable bonds is 2. The largest absolute Gasteiger partial charge is 0.356 e. The number of ether oxygens (including phenoxy) is 1. The van der Waals surface area contributed by atoms with Crippen molar-refractivity contribution >= 4 is 28.3 Å². The molecule has 6 heterocycles. The summed E-state index contributed by atoms with van der Waals surface area (Å²) >= 11 is 6.14. The number of halogens is 1. The van der Waals surface area contributed by atoms with E-state index in [2.05, 4.69) is 15.2 Å². The van der Waals surface area contributed by atoms with Crippen molar-refractivity contribution in [3.63, 3.8) is 0 Å². The lowest BCUT2D eigenvalue weighted by Crippen LogP contribution is -2.67. The number of fused-ring (bicyclic) bond motifs is 3. The minimum Gasteiger partial charge on any atom is -0.356 e. The van der Waals surface area contributed by atoms with E-state index in [0.29, 0.717) is 17.2 Å². The molecule has 3 unspecified atom stereocenters. The van der Waals surface area contributed by atoms with Crippen LogP contribution in [0.15, 0.2) is 12.3 Å². The van der Waals surface area contributed by atoms with Gasteiger partial charge in [-0.25, -0.2) is 9.67 Å². The van der Waals surface area contributed by atoms with E-state index in [1.54, 1.807) is 0 Å². The number of aromatic nitrogens is 3. The summed E-state index contributed by atoms with van der Waals surface area (Å²) < 4.78 is 7.97. The van der Waals surface area contributed by atoms with Crippen LogP contribution in [-0.4, -0.2) is 46.5 Å². The van der Waals surface area contributed by atoms with Crippen LogP contribution in [0.5, 0.6) is 0 Å². The Morgan fingerprint density at radius 3 is 2.83 bits per heavy atom. The number of nitrogens with one attached hydrogen (secondary N) is 1. The van der Waals surface area contributed by atoms with Crippen LogP contribution in [0.25, 0.3) is 10.9 Å². The van der Waals surface area contributed by atoms with Crippen molar-refractivity contribution in [2.24, 2.45) is 0 Å². The van der Waals surface area contributed by atoms with Crippen molar-refractivity contribution in [1.82, 2.24) is 20.1 Å². The SMILES string of the molecule is Clc1cc2c(cn1)c(N1CC3CC(C1)N3)nn2C1CCCCO1. The molecule has 2 bridgehead atoms. The molecular weight excluding hydrogens is 314 g/mol. The summed E-state index contributed by atoms with van der Waals surface area (Å²) in [6.07, 6.45) is 6.46. The van der Waals surface area contributed by atoms with E-state index in [-0.39, 0.29) is 6.23 Å².